The number of benzene rings is 1. The van der Waals surface area contributed by atoms with E-state index in [1.807, 2.05) is 6.07 Å². The average Bonchev–Trinajstić information content (AvgIpc) is 2.56. The number of halogens is 1. The molecule has 104 valence electrons. The number of hydrogen-bond donors (Lipinski definition) is 1. The monoisotopic (exact) mass is 281 g/mol. The molecule has 2 rings (SSSR count). The lowest BCUT2D eigenvalue weighted by atomic mass is 10.1. The Bertz CT molecular complexity index is 464. The Balaban J connectivity index is 2.06. The minimum absolute atomic E-state index is 0.120. The molecule has 0 bridgehead atoms. The lowest BCUT2D eigenvalue weighted by Crippen LogP contribution is -2.28. The normalized spacial score (nSPS) is 18.2. The highest BCUT2D eigenvalue weighted by molar-refractivity contribution is 7.80. The second-order valence-electron chi connectivity index (χ2n) is 5.11. The van der Waals surface area contributed by atoms with E-state index in [-0.39, 0.29) is 10.8 Å². The fourth-order valence-corrected chi connectivity index (χ4v) is 2.53. The molecule has 0 aromatic heterocycles. The largest absolute Gasteiger partial charge is 0.389 e. The molecule has 1 saturated heterocycles. The van der Waals surface area contributed by atoms with Crippen LogP contribution in [0.4, 0.5) is 4.39 Å². The van der Waals surface area contributed by atoms with Crippen LogP contribution in [0.15, 0.2) is 18.2 Å². The maximum Gasteiger partial charge on any atom is 0.133 e. The van der Waals surface area contributed by atoms with Gasteiger partial charge in [0.15, 0.2) is 0 Å². The molecule has 5 heteroatoms. The summed E-state index contributed by atoms with van der Waals surface area (Å²) in [5.74, 6) is -0.341. The van der Waals surface area contributed by atoms with Crippen molar-refractivity contribution in [1.29, 1.82) is 0 Å². The third kappa shape index (κ3) is 3.96. The zero-order valence-electron chi connectivity index (χ0n) is 11.2. The van der Waals surface area contributed by atoms with Crippen LogP contribution in [0.25, 0.3) is 0 Å². The smallest absolute Gasteiger partial charge is 0.133 e. The second-order valence-corrected chi connectivity index (χ2v) is 5.55. The SMILES string of the molecule is CN1CCCN(Cc2ccc(F)c(C(N)=S)c2)CC1. The van der Waals surface area contributed by atoms with Crippen molar-refractivity contribution >= 4 is 17.2 Å². The van der Waals surface area contributed by atoms with E-state index >= 15 is 0 Å². The first-order valence-corrected chi connectivity index (χ1v) is 6.96. The van der Waals surface area contributed by atoms with Crippen LogP contribution in [0.3, 0.4) is 0 Å². The molecule has 3 nitrogen and oxygen atoms in total. The molecule has 1 heterocycles. The minimum Gasteiger partial charge on any atom is -0.389 e. The van der Waals surface area contributed by atoms with Gasteiger partial charge in [0, 0.05) is 25.2 Å². The maximum atomic E-state index is 13.5. The summed E-state index contributed by atoms with van der Waals surface area (Å²) >= 11 is 4.87. The van der Waals surface area contributed by atoms with Gasteiger partial charge < -0.3 is 10.6 Å². The standard InChI is InChI=1S/C14H20FN3S/c1-17-5-2-6-18(8-7-17)10-11-3-4-13(15)12(9-11)14(16)19/h3-4,9H,2,5-8,10H2,1H3,(H2,16,19). The molecule has 1 aromatic carbocycles. The lowest BCUT2D eigenvalue weighted by Gasteiger charge is -2.20. The van der Waals surface area contributed by atoms with Crippen molar-refractivity contribution < 1.29 is 4.39 Å². The number of hydrogen-bond acceptors (Lipinski definition) is 3. The predicted molar refractivity (Wildman–Crippen MR) is 79.7 cm³/mol. The molecule has 1 aliphatic rings. The quantitative estimate of drug-likeness (QED) is 0.853. The topological polar surface area (TPSA) is 32.5 Å². The number of rotatable bonds is 3. The number of thiocarbonyl (C=S) groups is 1. The third-order valence-electron chi connectivity index (χ3n) is 3.51. The number of nitrogens with zero attached hydrogens (tertiary/aromatic N) is 2. The molecular weight excluding hydrogens is 261 g/mol. The van der Waals surface area contributed by atoms with Crippen LogP contribution in [-0.4, -0.2) is 48.0 Å². The Morgan fingerprint density at radius 3 is 2.84 bits per heavy atom. The highest BCUT2D eigenvalue weighted by atomic mass is 32.1. The Labute approximate surface area is 119 Å². The van der Waals surface area contributed by atoms with Gasteiger partial charge in [0.25, 0.3) is 0 Å². The van der Waals surface area contributed by atoms with E-state index in [0.717, 1.165) is 38.3 Å². The summed E-state index contributed by atoms with van der Waals surface area (Å²) in [6, 6.07) is 5.03. The van der Waals surface area contributed by atoms with Gasteiger partial charge in [-0.15, -0.1) is 0 Å². The molecular formula is C14H20FN3S. The molecule has 19 heavy (non-hydrogen) atoms. The van der Waals surface area contributed by atoms with Crippen LogP contribution in [0, 0.1) is 5.82 Å². The zero-order valence-corrected chi connectivity index (χ0v) is 12.0. The maximum absolute atomic E-state index is 13.5. The van der Waals surface area contributed by atoms with Gasteiger partial charge in [0.2, 0.25) is 0 Å². The summed E-state index contributed by atoms with van der Waals surface area (Å²) in [5.41, 5.74) is 6.94. The summed E-state index contributed by atoms with van der Waals surface area (Å²) in [5, 5.41) is 0. The molecule has 2 N–H and O–H groups in total. The van der Waals surface area contributed by atoms with Crippen molar-refractivity contribution in [3.05, 3.63) is 35.1 Å². The average molecular weight is 281 g/mol. The number of nitrogens with two attached hydrogens (primary N) is 1. The van der Waals surface area contributed by atoms with E-state index in [9.17, 15) is 4.39 Å². The summed E-state index contributed by atoms with van der Waals surface area (Å²) in [7, 11) is 2.15. The van der Waals surface area contributed by atoms with E-state index < -0.39 is 0 Å². The Morgan fingerprint density at radius 2 is 2.11 bits per heavy atom. The molecule has 0 amide bonds. The lowest BCUT2D eigenvalue weighted by molar-refractivity contribution is 0.269. The summed E-state index contributed by atoms with van der Waals surface area (Å²) < 4.78 is 13.5. The van der Waals surface area contributed by atoms with Gasteiger partial charge in [-0.05, 0) is 44.3 Å². The third-order valence-corrected chi connectivity index (χ3v) is 3.73. The first-order chi connectivity index (χ1) is 9.06. The molecule has 0 radical (unpaired) electrons. The Kier molecular flexibility index (Phi) is 4.85. The van der Waals surface area contributed by atoms with E-state index in [1.54, 1.807) is 6.07 Å². The Morgan fingerprint density at radius 1 is 1.32 bits per heavy atom. The highest BCUT2D eigenvalue weighted by Gasteiger charge is 2.13. The van der Waals surface area contributed by atoms with Crippen molar-refractivity contribution in [3.63, 3.8) is 0 Å². The molecule has 1 aromatic rings. The molecule has 0 atom stereocenters. The van der Waals surface area contributed by atoms with E-state index in [1.165, 1.54) is 12.5 Å². The van der Waals surface area contributed by atoms with Crippen LogP contribution in [-0.2, 0) is 6.54 Å². The van der Waals surface area contributed by atoms with Crippen LogP contribution in [0.5, 0.6) is 0 Å². The predicted octanol–water partition coefficient (Wildman–Crippen LogP) is 1.60. The summed E-state index contributed by atoms with van der Waals surface area (Å²) in [6.07, 6.45) is 1.17. The fraction of sp³-hybridized carbons (Fsp3) is 0.500. The first-order valence-electron chi connectivity index (χ1n) is 6.55. The van der Waals surface area contributed by atoms with Crippen molar-refractivity contribution in [2.45, 2.75) is 13.0 Å². The van der Waals surface area contributed by atoms with E-state index in [4.69, 9.17) is 18.0 Å². The van der Waals surface area contributed by atoms with Crippen molar-refractivity contribution in [1.82, 2.24) is 9.80 Å². The van der Waals surface area contributed by atoms with Gasteiger partial charge in [-0.2, -0.15) is 0 Å². The van der Waals surface area contributed by atoms with Crippen LogP contribution >= 0.6 is 12.2 Å². The van der Waals surface area contributed by atoms with Crippen LogP contribution < -0.4 is 5.73 Å². The van der Waals surface area contributed by atoms with Gasteiger partial charge in [0.1, 0.15) is 10.8 Å². The van der Waals surface area contributed by atoms with Gasteiger partial charge in [-0.1, -0.05) is 18.3 Å². The molecule has 0 aliphatic carbocycles. The van der Waals surface area contributed by atoms with Crippen molar-refractivity contribution in [2.24, 2.45) is 5.73 Å². The van der Waals surface area contributed by atoms with Gasteiger partial charge >= 0.3 is 0 Å². The molecule has 0 spiro atoms. The van der Waals surface area contributed by atoms with E-state index in [2.05, 4.69) is 16.8 Å². The van der Waals surface area contributed by atoms with Gasteiger partial charge in [-0.25, -0.2) is 4.39 Å². The van der Waals surface area contributed by atoms with Gasteiger partial charge in [-0.3, -0.25) is 4.90 Å². The highest BCUT2D eigenvalue weighted by Crippen LogP contribution is 2.14. The van der Waals surface area contributed by atoms with Crippen molar-refractivity contribution in [3.8, 4) is 0 Å². The Hall–Kier alpha value is -1.04. The molecule has 0 saturated carbocycles. The second kappa shape index (κ2) is 6.41. The van der Waals surface area contributed by atoms with Crippen LogP contribution in [0.1, 0.15) is 17.5 Å². The molecule has 1 aliphatic heterocycles. The fourth-order valence-electron chi connectivity index (χ4n) is 2.38. The van der Waals surface area contributed by atoms with Gasteiger partial charge in [0.05, 0.1) is 0 Å². The van der Waals surface area contributed by atoms with Crippen LogP contribution in [0.2, 0.25) is 0 Å². The van der Waals surface area contributed by atoms with Crippen molar-refractivity contribution in [2.75, 3.05) is 33.2 Å². The molecule has 1 fully saturated rings. The summed E-state index contributed by atoms with van der Waals surface area (Å²) in [4.78, 5) is 4.85. The summed E-state index contributed by atoms with van der Waals surface area (Å²) in [6.45, 7) is 5.14. The minimum atomic E-state index is -0.341. The first kappa shape index (κ1) is 14.4. The number of likely N-dealkylation sites (N-methyl/N-ethyl adjacent to an activating group) is 1. The van der Waals surface area contributed by atoms with E-state index in [0.29, 0.717) is 5.56 Å². The zero-order chi connectivity index (χ0) is 13.8. The molecule has 0 unspecified atom stereocenters.